The summed E-state index contributed by atoms with van der Waals surface area (Å²) in [7, 11) is 0. The average molecular weight is 183 g/mol. The van der Waals surface area contributed by atoms with Crippen molar-refractivity contribution in [3.8, 4) is 0 Å². The van der Waals surface area contributed by atoms with Gasteiger partial charge in [0, 0.05) is 19.6 Å². The fourth-order valence-corrected chi connectivity index (χ4v) is 2.29. The van der Waals surface area contributed by atoms with E-state index in [0.717, 1.165) is 18.4 Å². The first-order chi connectivity index (χ1) is 6.16. The predicted octanol–water partition coefficient (Wildman–Crippen LogP) is 1.35. The molecule has 13 heavy (non-hydrogen) atoms. The van der Waals surface area contributed by atoms with Crippen LogP contribution in [0.3, 0.4) is 0 Å². The number of hydrogen-bond donors (Lipinski definition) is 1. The molecule has 1 aliphatic carbocycles. The zero-order valence-electron chi connectivity index (χ0n) is 8.74. The molecule has 1 saturated carbocycles. The van der Waals surface area contributed by atoms with Gasteiger partial charge in [0.15, 0.2) is 0 Å². The van der Waals surface area contributed by atoms with E-state index < -0.39 is 0 Å². The maximum absolute atomic E-state index is 9.78. The number of aliphatic hydroxyl groups excluding tert-OH is 1. The Morgan fingerprint density at radius 1 is 1.23 bits per heavy atom. The van der Waals surface area contributed by atoms with Crippen molar-refractivity contribution < 1.29 is 5.11 Å². The van der Waals surface area contributed by atoms with E-state index >= 15 is 0 Å². The van der Waals surface area contributed by atoms with Crippen LogP contribution in [-0.2, 0) is 0 Å². The SMILES string of the molecule is CC1CN(CC(O)C2CC2)CC1C. The van der Waals surface area contributed by atoms with Crippen molar-refractivity contribution >= 4 is 0 Å². The second-order valence-electron chi connectivity index (χ2n) is 5.08. The Labute approximate surface area is 80.9 Å². The molecule has 2 rings (SSSR count). The number of β-amino-alcohol motifs (C(OH)–C–C–N with tert-alkyl or cyclic N) is 1. The molecule has 76 valence electrons. The van der Waals surface area contributed by atoms with Crippen LogP contribution in [0.25, 0.3) is 0 Å². The quantitative estimate of drug-likeness (QED) is 0.714. The van der Waals surface area contributed by atoms with Crippen molar-refractivity contribution in [2.75, 3.05) is 19.6 Å². The molecule has 1 saturated heterocycles. The third-order valence-electron chi connectivity index (χ3n) is 3.68. The molecule has 1 heterocycles. The van der Waals surface area contributed by atoms with Crippen molar-refractivity contribution in [2.24, 2.45) is 17.8 Å². The summed E-state index contributed by atoms with van der Waals surface area (Å²) in [4.78, 5) is 2.43. The van der Waals surface area contributed by atoms with Crippen LogP contribution in [0.5, 0.6) is 0 Å². The topological polar surface area (TPSA) is 23.5 Å². The summed E-state index contributed by atoms with van der Waals surface area (Å²) < 4.78 is 0. The third kappa shape index (κ3) is 2.23. The van der Waals surface area contributed by atoms with Crippen LogP contribution in [0.4, 0.5) is 0 Å². The minimum atomic E-state index is -0.0440. The van der Waals surface area contributed by atoms with E-state index in [2.05, 4.69) is 18.7 Å². The minimum Gasteiger partial charge on any atom is -0.392 e. The van der Waals surface area contributed by atoms with Gasteiger partial charge in [0.05, 0.1) is 6.10 Å². The molecule has 2 nitrogen and oxygen atoms in total. The molecule has 0 amide bonds. The zero-order valence-corrected chi connectivity index (χ0v) is 8.74. The minimum absolute atomic E-state index is 0.0440. The maximum Gasteiger partial charge on any atom is 0.0695 e. The van der Waals surface area contributed by atoms with Gasteiger partial charge in [0.1, 0.15) is 0 Å². The van der Waals surface area contributed by atoms with Crippen LogP contribution < -0.4 is 0 Å². The molecule has 3 atom stereocenters. The van der Waals surface area contributed by atoms with Crippen molar-refractivity contribution in [3.63, 3.8) is 0 Å². The van der Waals surface area contributed by atoms with Gasteiger partial charge in [-0.3, -0.25) is 0 Å². The van der Waals surface area contributed by atoms with E-state index in [1.807, 2.05) is 0 Å². The molecular formula is C11H21NO. The van der Waals surface area contributed by atoms with Gasteiger partial charge in [-0.15, -0.1) is 0 Å². The van der Waals surface area contributed by atoms with E-state index in [1.165, 1.54) is 25.9 Å². The highest BCUT2D eigenvalue weighted by molar-refractivity contribution is 4.86. The van der Waals surface area contributed by atoms with Gasteiger partial charge in [0.25, 0.3) is 0 Å². The van der Waals surface area contributed by atoms with Gasteiger partial charge in [-0.1, -0.05) is 13.8 Å². The second kappa shape index (κ2) is 3.58. The summed E-state index contributed by atoms with van der Waals surface area (Å²) in [6.45, 7) is 7.91. The predicted molar refractivity (Wildman–Crippen MR) is 53.5 cm³/mol. The van der Waals surface area contributed by atoms with E-state index in [9.17, 15) is 5.11 Å². The largest absolute Gasteiger partial charge is 0.392 e. The van der Waals surface area contributed by atoms with Gasteiger partial charge in [0.2, 0.25) is 0 Å². The summed E-state index contributed by atoms with van der Waals surface area (Å²) in [5, 5.41) is 9.78. The van der Waals surface area contributed by atoms with Crippen molar-refractivity contribution in [1.82, 2.24) is 4.90 Å². The second-order valence-corrected chi connectivity index (χ2v) is 5.08. The van der Waals surface area contributed by atoms with Crippen LogP contribution in [0, 0.1) is 17.8 Å². The Morgan fingerprint density at radius 3 is 2.23 bits per heavy atom. The normalized spacial score (nSPS) is 38.1. The molecule has 0 spiro atoms. The van der Waals surface area contributed by atoms with E-state index in [1.54, 1.807) is 0 Å². The Morgan fingerprint density at radius 2 is 1.77 bits per heavy atom. The fraction of sp³-hybridized carbons (Fsp3) is 1.00. The molecule has 0 aromatic carbocycles. The van der Waals surface area contributed by atoms with E-state index in [4.69, 9.17) is 0 Å². The molecule has 0 radical (unpaired) electrons. The molecule has 2 fully saturated rings. The monoisotopic (exact) mass is 183 g/mol. The van der Waals surface area contributed by atoms with E-state index in [-0.39, 0.29) is 6.10 Å². The molecule has 0 aromatic rings. The lowest BCUT2D eigenvalue weighted by molar-refractivity contribution is 0.104. The molecule has 1 N–H and O–H groups in total. The Hall–Kier alpha value is -0.0800. The summed E-state index contributed by atoms with van der Waals surface area (Å²) in [6.07, 6.45) is 2.46. The van der Waals surface area contributed by atoms with Gasteiger partial charge in [-0.25, -0.2) is 0 Å². The van der Waals surface area contributed by atoms with Crippen molar-refractivity contribution in [1.29, 1.82) is 0 Å². The highest BCUT2D eigenvalue weighted by Gasteiger charge is 2.33. The van der Waals surface area contributed by atoms with Gasteiger partial charge in [-0.2, -0.15) is 0 Å². The van der Waals surface area contributed by atoms with Gasteiger partial charge >= 0.3 is 0 Å². The molecule has 2 aliphatic rings. The average Bonchev–Trinajstić information content (AvgIpc) is 2.81. The summed E-state index contributed by atoms with van der Waals surface area (Å²) in [5.74, 6) is 2.25. The van der Waals surface area contributed by atoms with Crippen LogP contribution in [0.15, 0.2) is 0 Å². The molecular weight excluding hydrogens is 162 g/mol. The maximum atomic E-state index is 9.78. The lowest BCUT2D eigenvalue weighted by atomic mass is 10.0. The first-order valence-electron chi connectivity index (χ1n) is 5.57. The lowest BCUT2D eigenvalue weighted by Gasteiger charge is -2.19. The number of aliphatic hydroxyl groups is 1. The highest BCUT2D eigenvalue weighted by atomic mass is 16.3. The first kappa shape index (κ1) is 9.47. The van der Waals surface area contributed by atoms with Crippen LogP contribution in [0.2, 0.25) is 0 Å². The summed E-state index contributed by atoms with van der Waals surface area (Å²) in [6, 6.07) is 0. The van der Waals surface area contributed by atoms with Crippen molar-refractivity contribution in [2.45, 2.75) is 32.8 Å². The number of rotatable bonds is 3. The smallest absolute Gasteiger partial charge is 0.0695 e. The number of hydrogen-bond acceptors (Lipinski definition) is 2. The van der Waals surface area contributed by atoms with Gasteiger partial charge in [-0.05, 0) is 30.6 Å². The highest BCUT2D eigenvalue weighted by Crippen LogP contribution is 2.33. The van der Waals surface area contributed by atoms with E-state index in [0.29, 0.717) is 5.92 Å². The summed E-state index contributed by atoms with van der Waals surface area (Å²) >= 11 is 0. The van der Waals surface area contributed by atoms with Crippen LogP contribution in [0.1, 0.15) is 26.7 Å². The third-order valence-corrected chi connectivity index (χ3v) is 3.68. The molecule has 3 unspecified atom stereocenters. The molecule has 0 bridgehead atoms. The first-order valence-corrected chi connectivity index (χ1v) is 5.57. The zero-order chi connectivity index (χ0) is 9.42. The van der Waals surface area contributed by atoms with Crippen LogP contribution in [-0.4, -0.2) is 35.7 Å². The van der Waals surface area contributed by atoms with Gasteiger partial charge < -0.3 is 10.0 Å². The van der Waals surface area contributed by atoms with Crippen LogP contribution >= 0.6 is 0 Å². The fourth-order valence-electron chi connectivity index (χ4n) is 2.29. The molecule has 0 aromatic heterocycles. The molecule has 2 heteroatoms. The Balaban J connectivity index is 1.76. The molecule has 1 aliphatic heterocycles. The summed E-state index contributed by atoms with van der Waals surface area (Å²) in [5.41, 5.74) is 0. The number of likely N-dealkylation sites (tertiary alicyclic amines) is 1. The van der Waals surface area contributed by atoms with Crippen molar-refractivity contribution in [3.05, 3.63) is 0 Å². The Kier molecular flexibility index (Phi) is 2.61. The Bertz CT molecular complexity index is 169. The number of nitrogens with zero attached hydrogens (tertiary/aromatic N) is 1. The lowest BCUT2D eigenvalue weighted by Crippen LogP contribution is -2.32. The standard InChI is InChI=1S/C11H21NO/c1-8-5-12(6-9(8)2)7-11(13)10-3-4-10/h8-11,13H,3-7H2,1-2H3.